The summed E-state index contributed by atoms with van der Waals surface area (Å²) in [5, 5.41) is 51.5. The Labute approximate surface area is 464 Å². The molecular weight excluding hydrogens is 1060 g/mol. The van der Waals surface area contributed by atoms with Gasteiger partial charge in [-0.2, -0.15) is 11.8 Å². The molecule has 80 heavy (non-hydrogen) atoms. The van der Waals surface area contributed by atoms with Crippen LogP contribution in [0.15, 0.2) is 91.3 Å². The van der Waals surface area contributed by atoms with Crippen LogP contribution in [0, 0.1) is 5.92 Å². The number of carboxylic acids is 1. The van der Waals surface area contributed by atoms with E-state index in [-0.39, 0.29) is 25.7 Å². The number of amides is 9. The number of hydrogen-bond acceptors (Lipinski definition) is 14. The van der Waals surface area contributed by atoms with Crippen molar-refractivity contribution in [2.24, 2.45) is 17.4 Å². The number of benzene rings is 3. The van der Waals surface area contributed by atoms with Gasteiger partial charge in [-0.3, -0.25) is 43.2 Å². The highest BCUT2D eigenvalue weighted by Gasteiger charge is 2.35. The number of H-pyrrole nitrogens is 2. The summed E-state index contributed by atoms with van der Waals surface area (Å²) < 4.78 is 0. The minimum absolute atomic E-state index is 0.0234. The Kier molecular flexibility index (Phi) is 23.6. The molecule has 0 spiro atoms. The van der Waals surface area contributed by atoms with Gasteiger partial charge in [-0.15, -0.1) is 0 Å². The summed E-state index contributed by atoms with van der Waals surface area (Å²) in [6.07, 6.45) is 4.00. The van der Waals surface area contributed by atoms with Gasteiger partial charge in [-0.25, -0.2) is 4.79 Å². The Morgan fingerprint density at radius 3 is 1.45 bits per heavy atom. The number of nitrogens with two attached hydrogens (primary N) is 2. The number of aliphatic hydroxyl groups is 2. The zero-order valence-corrected chi connectivity index (χ0v) is 45.4. The Balaban J connectivity index is 1.31. The van der Waals surface area contributed by atoms with Gasteiger partial charge >= 0.3 is 5.97 Å². The topological polar surface area (TPSA) is 411 Å². The van der Waals surface area contributed by atoms with E-state index in [9.17, 15) is 63.3 Å². The summed E-state index contributed by atoms with van der Waals surface area (Å²) in [5.74, 6) is -10.2. The molecule has 0 bridgehead atoms. The van der Waals surface area contributed by atoms with Gasteiger partial charge in [0, 0.05) is 47.0 Å². The van der Waals surface area contributed by atoms with Gasteiger partial charge < -0.3 is 79.3 Å². The highest BCUT2D eigenvalue weighted by molar-refractivity contribution is 7.98. The summed E-state index contributed by atoms with van der Waals surface area (Å²) in [6.45, 7) is 2.54. The van der Waals surface area contributed by atoms with E-state index in [1.807, 2.05) is 0 Å². The maximum Gasteiger partial charge on any atom is 0.326 e. The van der Waals surface area contributed by atoms with Gasteiger partial charge in [0.05, 0.1) is 25.7 Å². The molecule has 26 heteroatoms. The molecule has 2 aromatic heterocycles. The van der Waals surface area contributed by atoms with Crippen LogP contribution in [0.3, 0.4) is 0 Å². The van der Waals surface area contributed by atoms with Crippen molar-refractivity contribution >= 4 is 92.7 Å². The van der Waals surface area contributed by atoms with Crippen LogP contribution in [0.5, 0.6) is 0 Å². The van der Waals surface area contributed by atoms with E-state index >= 15 is 0 Å². The van der Waals surface area contributed by atoms with Crippen LogP contribution in [-0.4, -0.2) is 164 Å². The number of nitrogens with one attached hydrogen (secondary N) is 10. The molecule has 0 unspecified atom stereocenters. The van der Waals surface area contributed by atoms with Gasteiger partial charge in [-0.05, 0) is 66.5 Å². The number of aliphatic carboxylic acids is 1. The molecule has 0 aliphatic carbocycles. The number of rotatable bonds is 31. The fourth-order valence-corrected chi connectivity index (χ4v) is 9.01. The molecule has 5 aromatic rings. The fraction of sp³-hybridized carbons (Fsp3) is 0.407. The number of hydrogen-bond donors (Lipinski definition) is 15. The highest BCUT2D eigenvalue weighted by Crippen LogP contribution is 2.21. The molecule has 0 saturated heterocycles. The summed E-state index contributed by atoms with van der Waals surface area (Å²) in [7, 11) is 0. The van der Waals surface area contributed by atoms with Crippen LogP contribution in [0.2, 0.25) is 0 Å². The number of aromatic nitrogens is 2. The van der Waals surface area contributed by atoms with Crippen molar-refractivity contribution in [2.45, 2.75) is 107 Å². The Morgan fingerprint density at radius 1 is 0.525 bits per heavy atom. The van der Waals surface area contributed by atoms with Crippen LogP contribution in [-0.2, 0) is 67.2 Å². The predicted octanol–water partition coefficient (Wildman–Crippen LogP) is -1.74. The van der Waals surface area contributed by atoms with Crippen molar-refractivity contribution in [3.05, 3.63) is 108 Å². The third-order valence-corrected chi connectivity index (χ3v) is 13.6. The first-order chi connectivity index (χ1) is 38.1. The molecule has 0 fully saturated rings. The average molecular weight is 1130 g/mol. The van der Waals surface area contributed by atoms with E-state index in [4.69, 9.17) is 11.5 Å². The summed E-state index contributed by atoms with van der Waals surface area (Å²) in [6, 6.07) is 9.83. The number of primary amides is 1. The average Bonchev–Trinajstić information content (AvgIpc) is 4.08. The Morgan fingerprint density at radius 2 is 0.950 bits per heavy atom. The van der Waals surface area contributed by atoms with Crippen LogP contribution in [0.25, 0.3) is 21.8 Å². The van der Waals surface area contributed by atoms with E-state index in [1.165, 1.54) is 18.7 Å². The molecule has 2 heterocycles. The second-order valence-corrected chi connectivity index (χ2v) is 20.4. The van der Waals surface area contributed by atoms with Crippen LogP contribution < -0.4 is 54.0 Å². The number of carbonyl (C=O) groups excluding carboxylic acids is 9. The first-order valence-corrected chi connectivity index (χ1v) is 27.1. The van der Waals surface area contributed by atoms with Crippen LogP contribution >= 0.6 is 11.8 Å². The quantitative estimate of drug-likeness (QED) is 0.0234. The standard InChI is InChI=1S/C54H70N12O13S/c1-28(2)45(54(78)79)66-51(75)40(22-32-25-58-37-17-11-9-15-34(32)37)62-53(77)43(27-68)65-48(72)38(18-19-80-4)60-50(74)39(21-31-24-57-36-16-10-8-14-33(31)36)61-46(70)29(3)59-49(73)41(23-44(56)69)63-52(76)42(26-67)64-47(71)35(55)20-30-12-6-5-7-13-30/h5-17,24-25,28-29,35,38-43,45,57-58,67-68H,18-23,26-27,55H2,1-4H3,(H2,56,69)(H,59,73)(H,60,74)(H,61,70)(H,62,77)(H,63,76)(H,64,71)(H,65,72)(H,66,75)(H,78,79)/t29-,35-,38-,39-,40-,41-,42-,43-,45-/m0/s1. The molecule has 17 N–H and O–H groups in total. The highest BCUT2D eigenvalue weighted by atomic mass is 32.2. The van der Waals surface area contributed by atoms with Crippen molar-refractivity contribution < 1.29 is 63.3 Å². The number of para-hydroxylation sites is 2. The molecule has 25 nitrogen and oxygen atoms in total. The lowest BCUT2D eigenvalue weighted by Gasteiger charge is -2.27. The molecule has 0 aliphatic heterocycles. The maximum absolute atomic E-state index is 14.5. The van der Waals surface area contributed by atoms with Crippen molar-refractivity contribution in [1.29, 1.82) is 0 Å². The predicted molar refractivity (Wildman–Crippen MR) is 297 cm³/mol. The van der Waals surface area contributed by atoms with Gasteiger partial charge in [0.25, 0.3) is 0 Å². The van der Waals surface area contributed by atoms with E-state index in [0.29, 0.717) is 27.8 Å². The Hall–Kier alpha value is -8.33. The number of thioether (sulfide) groups is 1. The SMILES string of the molecule is CSCC[C@H](NC(=O)[C@H](Cc1c[nH]c2ccccc12)NC(=O)[C@H](C)NC(=O)[C@H](CC(N)=O)NC(=O)[C@H](CO)NC(=O)[C@@H](N)Cc1ccccc1)C(=O)N[C@@H](CO)C(=O)N[C@@H](Cc1c[nH]c2ccccc12)C(=O)N[C@H](C(=O)O)C(C)C. The minimum Gasteiger partial charge on any atom is -0.480 e. The first-order valence-electron chi connectivity index (χ1n) is 25.7. The van der Waals surface area contributed by atoms with Crippen molar-refractivity contribution in [2.75, 3.05) is 25.2 Å². The van der Waals surface area contributed by atoms with Gasteiger partial charge in [0.15, 0.2) is 0 Å². The first kappa shape index (κ1) is 62.5. The molecular formula is C54H70N12O13S. The number of carboxylic acid groups (broad SMARTS) is 1. The van der Waals surface area contributed by atoms with Crippen LogP contribution in [0.4, 0.5) is 0 Å². The second-order valence-electron chi connectivity index (χ2n) is 19.4. The lowest BCUT2D eigenvalue weighted by atomic mass is 10.0. The normalized spacial score (nSPS) is 14.7. The third kappa shape index (κ3) is 17.8. The lowest BCUT2D eigenvalue weighted by Crippen LogP contribution is -2.61. The number of fused-ring (bicyclic) bond motifs is 2. The molecule has 430 valence electrons. The van der Waals surface area contributed by atoms with Crippen molar-refractivity contribution in [3.8, 4) is 0 Å². The molecule has 9 atom stereocenters. The van der Waals surface area contributed by atoms with Crippen LogP contribution in [0.1, 0.15) is 50.3 Å². The van der Waals surface area contributed by atoms with Gasteiger partial charge in [0.1, 0.15) is 48.3 Å². The maximum atomic E-state index is 14.5. The fourth-order valence-electron chi connectivity index (χ4n) is 8.53. The van der Waals surface area contributed by atoms with E-state index in [2.05, 4.69) is 52.5 Å². The summed E-state index contributed by atoms with van der Waals surface area (Å²) in [5.41, 5.74) is 14.8. The third-order valence-electron chi connectivity index (χ3n) is 13.0. The van der Waals surface area contributed by atoms with E-state index in [1.54, 1.807) is 111 Å². The molecule has 5 rings (SSSR count). The largest absolute Gasteiger partial charge is 0.480 e. The number of carbonyl (C=O) groups is 10. The zero-order valence-electron chi connectivity index (χ0n) is 44.6. The zero-order chi connectivity index (χ0) is 58.6. The number of aromatic amines is 2. The second kappa shape index (κ2) is 30.1. The lowest BCUT2D eigenvalue weighted by molar-refractivity contribution is -0.143. The molecule has 0 aliphatic rings. The smallest absolute Gasteiger partial charge is 0.326 e. The monoisotopic (exact) mass is 1130 g/mol. The Bertz CT molecular complexity index is 2990. The molecule has 3 aromatic carbocycles. The minimum atomic E-state index is -1.72. The van der Waals surface area contributed by atoms with E-state index < -0.39 is 139 Å². The van der Waals surface area contributed by atoms with Gasteiger partial charge in [0.2, 0.25) is 53.2 Å². The molecule has 9 amide bonds. The van der Waals surface area contributed by atoms with E-state index in [0.717, 1.165) is 16.5 Å². The molecule has 0 radical (unpaired) electrons. The summed E-state index contributed by atoms with van der Waals surface area (Å²) >= 11 is 1.32. The number of aliphatic hydroxyl groups excluding tert-OH is 2. The molecule has 0 saturated carbocycles. The summed E-state index contributed by atoms with van der Waals surface area (Å²) in [4.78, 5) is 141. The van der Waals surface area contributed by atoms with Crippen molar-refractivity contribution in [3.63, 3.8) is 0 Å². The van der Waals surface area contributed by atoms with Crippen molar-refractivity contribution in [1.82, 2.24) is 52.5 Å². The van der Waals surface area contributed by atoms with Gasteiger partial charge in [-0.1, -0.05) is 80.6 Å².